The number of alkyl halides is 3. The van der Waals surface area contributed by atoms with Gasteiger partial charge in [-0.3, -0.25) is 4.79 Å². The first-order valence-electron chi connectivity index (χ1n) is 7.80. The molecule has 0 unspecified atom stereocenters. The van der Waals surface area contributed by atoms with E-state index in [1.165, 1.54) is 37.4 Å². The summed E-state index contributed by atoms with van der Waals surface area (Å²) in [6.07, 6.45) is -6.09. The highest BCUT2D eigenvalue weighted by Gasteiger charge is 2.63. The van der Waals surface area contributed by atoms with Crippen LogP contribution in [0.1, 0.15) is 22.3 Å². The molecule has 1 aliphatic rings. The molecule has 0 fully saturated rings. The van der Waals surface area contributed by atoms with Gasteiger partial charge in [0.25, 0.3) is 11.6 Å². The summed E-state index contributed by atoms with van der Waals surface area (Å²) in [4.78, 5) is 12.6. The molecule has 27 heavy (non-hydrogen) atoms. The molecule has 1 aliphatic heterocycles. The predicted octanol–water partition coefficient (Wildman–Crippen LogP) is 2.90. The highest BCUT2D eigenvalue weighted by molar-refractivity contribution is 6.05. The normalized spacial score (nSPS) is 19.7. The Morgan fingerprint density at radius 2 is 1.93 bits per heavy atom. The molecule has 0 spiro atoms. The topological polar surface area (TPSA) is 82.4 Å². The van der Waals surface area contributed by atoms with Crippen molar-refractivity contribution >= 4 is 11.6 Å². The second-order valence-electron chi connectivity index (χ2n) is 5.94. The lowest BCUT2D eigenvalue weighted by Crippen LogP contribution is -2.56. The van der Waals surface area contributed by atoms with Crippen molar-refractivity contribution in [3.8, 4) is 11.5 Å². The molecule has 0 radical (unpaired) electrons. The number of methoxy groups -OCH3 is 1. The number of nitrogens with zero attached hydrogens (tertiary/aromatic N) is 2. The van der Waals surface area contributed by atoms with E-state index in [9.17, 15) is 28.2 Å². The molecule has 1 amide bonds. The number of carbonyl (C=O) groups excluding carboxylic acids is 1. The summed E-state index contributed by atoms with van der Waals surface area (Å²) >= 11 is 0. The maximum Gasteiger partial charge on any atom is 0.438 e. The minimum Gasteiger partial charge on any atom is -0.508 e. The quantitative estimate of drug-likeness (QED) is 0.858. The van der Waals surface area contributed by atoms with Crippen molar-refractivity contribution in [2.24, 2.45) is 5.10 Å². The van der Waals surface area contributed by atoms with Crippen LogP contribution < -0.4 is 4.74 Å². The maximum absolute atomic E-state index is 13.6. The molecule has 0 saturated heterocycles. The predicted molar refractivity (Wildman–Crippen MR) is 89.4 cm³/mol. The Bertz CT molecular complexity index is 913. The van der Waals surface area contributed by atoms with Gasteiger partial charge < -0.3 is 14.9 Å². The highest BCUT2D eigenvalue weighted by Crippen LogP contribution is 2.42. The van der Waals surface area contributed by atoms with Crippen molar-refractivity contribution in [3.63, 3.8) is 0 Å². The number of aliphatic hydroxyl groups is 1. The third kappa shape index (κ3) is 3.33. The van der Waals surface area contributed by atoms with Crippen LogP contribution in [0.2, 0.25) is 0 Å². The van der Waals surface area contributed by atoms with Gasteiger partial charge in [0.2, 0.25) is 0 Å². The van der Waals surface area contributed by atoms with Crippen LogP contribution >= 0.6 is 0 Å². The van der Waals surface area contributed by atoms with Crippen LogP contribution in [0.4, 0.5) is 13.2 Å². The van der Waals surface area contributed by atoms with Crippen LogP contribution in [0, 0.1) is 0 Å². The molecule has 1 atom stereocenters. The number of aromatic hydroxyl groups is 1. The smallest absolute Gasteiger partial charge is 0.438 e. The Morgan fingerprint density at radius 1 is 1.22 bits per heavy atom. The number of phenols is 1. The Labute approximate surface area is 152 Å². The van der Waals surface area contributed by atoms with Gasteiger partial charge in [-0.25, -0.2) is 0 Å². The zero-order valence-electron chi connectivity index (χ0n) is 14.1. The standard InChI is InChI=1S/C18H15F3N2O4/c1-27-14-7-3-4-11(9-14)15-10-17(26,18(19,20)21)23(22-15)16(25)12-5-2-6-13(24)8-12/h2-9,24,26H,10H2,1H3/t17-/m1/s1. The van der Waals surface area contributed by atoms with E-state index in [2.05, 4.69) is 5.10 Å². The van der Waals surface area contributed by atoms with Gasteiger partial charge >= 0.3 is 6.18 Å². The van der Waals surface area contributed by atoms with E-state index < -0.39 is 24.2 Å². The lowest BCUT2D eigenvalue weighted by Gasteiger charge is -2.32. The first kappa shape index (κ1) is 18.7. The molecule has 0 aromatic heterocycles. The van der Waals surface area contributed by atoms with Gasteiger partial charge in [0.05, 0.1) is 19.2 Å². The maximum atomic E-state index is 13.6. The zero-order valence-corrected chi connectivity index (χ0v) is 14.1. The number of hydrogen-bond acceptors (Lipinski definition) is 5. The summed E-state index contributed by atoms with van der Waals surface area (Å²) in [5.41, 5.74) is -3.59. The first-order valence-corrected chi connectivity index (χ1v) is 7.80. The van der Waals surface area contributed by atoms with Gasteiger partial charge in [-0.15, -0.1) is 0 Å². The summed E-state index contributed by atoms with van der Waals surface area (Å²) in [7, 11) is 1.40. The average molecular weight is 380 g/mol. The van der Waals surface area contributed by atoms with Crippen LogP contribution in [-0.4, -0.2) is 45.9 Å². The number of amides is 1. The third-order valence-corrected chi connectivity index (χ3v) is 4.13. The first-order chi connectivity index (χ1) is 12.7. The molecule has 2 N–H and O–H groups in total. The number of rotatable bonds is 3. The van der Waals surface area contributed by atoms with Crippen LogP contribution in [0.25, 0.3) is 0 Å². The summed E-state index contributed by atoms with van der Waals surface area (Å²) in [6.45, 7) is 0. The van der Waals surface area contributed by atoms with Crippen molar-refractivity contribution in [1.82, 2.24) is 5.01 Å². The number of phenolic OH excluding ortho intramolecular Hbond substituents is 1. The van der Waals surface area contributed by atoms with Crippen LogP contribution in [0.5, 0.6) is 11.5 Å². The van der Waals surface area contributed by atoms with Crippen molar-refractivity contribution < 1.29 is 32.9 Å². The van der Waals surface area contributed by atoms with Crippen LogP contribution in [0.15, 0.2) is 53.6 Å². The second-order valence-corrected chi connectivity index (χ2v) is 5.94. The molecule has 0 bridgehead atoms. The van der Waals surface area contributed by atoms with Gasteiger partial charge in [0, 0.05) is 11.1 Å². The fourth-order valence-electron chi connectivity index (χ4n) is 2.70. The fourth-order valence-corrected chi connectivity index (χ4v) is 2.70. The molecule has 142 valence electrons. The van der Waals surface area contributed by atoms with Crippen molar-refractivity contribution in [2.75, 3.05) is 7.11 Å². The number of hydrazone groups is 1. The van der Waals surface area contributed by atoms with Crippen molar-refractivity contribution in [2.45, 2.75) is 18.3 Å². The van der Waals surface area contributed by atoms with E-state index in [-0.39, 0.29) is 27.6 Å². The summed E-state index contributed by atoms with van der Waals surface area (Å²) in [5, 5.41) is 23.6. The molecule has 6 nitrogen and oxygen atoms in total. The molecule has 2 aromatic rings. The van der Waals surface area contributed by atoms with E-state index in [4.69, 9.17) is 4.74 Å². The molecule has 0 aliphatic carbocycles. The van der Waals surface area contributed by atoms with Crippen LogP contribution in [-0.2, 0) is 0 Å². The Balaban J connectivity index is 2.06. The molecule has 1 heterocycles. The monoisotopic (exact) mass is 380 g/mol. The van der Waals surface area contributed by atoms with Crippen molar-refractivity contribution in [1.29, 1.82) is 0 Å². The van der Waals surface area contributed by atoms with Gasteiger partial charge in [0.15, 0.2) is 0 Å². The number of carbonyl (C=O) groups is 1. The lowest BCUT2D eigenvalue weighted by molar-refractivity contribution is -0.297. The molecular weight excluding hydrogens is 365 g/mol. The number of ether oxygens (including phenoxy) is 1. The summed E-state index contributed by atoms with van der Waals surface area (Å²) in [6, 6.07) is 10.9. The second kappa shape index (κ2) is 6.58. The molecule has 2 aromatic carbocycles. The van der Waals surface area contributed by atoms with E-state index in [0.717, 1.165) is 6.07 Å². The summed E-state index contributed by atoms with van der Waals surface area (Å²) in [5.74, 6) is -1.10. The van der Waals surface area contributed by atoms with Gasteiger partial charge in [-0.2, -0.15) is 23.3 Å². The SMILES string of the molecule is COc1cccc(C2=NN(C(=O)c3cccc(O)c3)[C@](O)(C(F)(F)F)C2)c1. The van der Waals surface area contributed by atoms with E-state index in [0.29, 0.717) is 5.75 Å². The van der Waals surface area contributed by atoms with Gasteiger partial charge in [-0.1, -0.05) is 18.2 Å². The molecule has 9 heteroatoms. The fraction of sp³-hybridized carbons (Fsp3) is 0.222. The minimum absolute atomic E-state index is 0.0105. The number of benzene rings is 2. The van der Waals surface area contributed by atoms with Gasteiger partial charge in [0.1, 0.15) is 11.5 Å². The lowest BCUT2D eigenvalue weighted by atomic mass is 10.0. The van der Waals surface area contributed by atoms with Crippen LogP contribution in [0.3, 0.4) is 0 Å². The Kier molecular flexibility index (Phi) is 4.56. The largest absolute Gasteiger partial charge is 0.508 e. The van der Waals surface area contributed by atoms with E-state index in [1.54, 1.807) is 12.1 Å². The van der Waals surface area contributed by atoms with E-state index in [1.807, 2.05) is 0 Å². The highest BCUT2D eigenvalue weighted by atomic mass is 19.4. The minimum atomic E-state index is -5.15. The molecule has 0 saturated carbocycles. The Morgan fingerprint density at radius 3 is 2.56 bits per heavy atom. The van der Waals surface area contributed by atoms with E-state index >= 15 is 0 Å². The Hall–Kier alpha value is -3.07. The molecule has 3 rings (SSSR count). The molecular formula is C18H15F3N2O4. The zero-order chi connectivity index (χ0) is 19.8. The van der Waals surface area contributed by atoms with Crippen molar-refractivity contribution in [3.05, 3.63) is 59.7 Å². The average Bonchev–Trinajstić information content (AvgIpc) is 3.00. The summed E-state index contributed by atoms with van der Waals surface area (Å²) < 4.78 is 45.8. The van der Waals surface area contributed by atoms with Gasteiger partial charge in [-0.05, 0) is 30.3 Å². The third-order valence-electron chi connectivity index (χ3n) is 4.13. The number of hydrogen-bond donors (Lipinski definition) is 2. The number of halogens is 3.